The molecule has 4 heteroatoms. The summed E-state index contributed by atoms with van der Waals surface area (Å²) >= 11 is 0. The molecule has 0 aromatic rings. The molecule has 2 aliphatic carbocycles. The predicted octanol–water partition coefficient (Wildman–Crippen LogP) is 4.20. The van der Waals surface area contributed by atoms with Gasteiger partial charge in [0.25, 0.3) is 0 Å². The zero-order chi connectivity index (χ0) is 14.0. The molecule has 2 aliphatic rings. The van der Waals surface area contributed by atoms with Crippen molar-refractivity contribution in [3.8, 4) is 0 Å². The van der Waals surface area contributed by atoms with Crippen LogP contribution in [-0.4, -0.2) is 19.9 Å². The fourth-order valence-electron chi connectivity index (χ4n) is 2.60. The number of allylic oxidation sites excluding steroid dienone is 7. The predicted molar refractivity (Wildman–Crippen MR) is 68.6 cm³/mol. The van der Waals surface area contributed by atoms with E-state index in [1.165, 1.54) is 19.3 Å². The van der Waals surface area contributed by atoms with Crippen LogP contribution in [0.2, 0.25) is 0 Å². The Morgan fingerprint density at radius 2 is 2.00 bits per heavy atom. The van der Waals surface area contributed by atoms with Crippen LogP contribution in [0, 0.1) is 11.8 Å². The van der Waals surface area contributed by atoms with Crippen LogP contribution in [0.4, 0.5) is 13.2 Å². The van der Waals surface area contributed by atoms with E-state index in [1.54, 1.807) is 6.08 Å². The summed E-state index contributed by atoms with van der Waals surface area (Å²) in [7, 11) is 1.52. The maximum atomic E-state index is 14.0. The van der Waals surface area contributed by atoms with Gasteiger partial charge in [-0.25, -0.2) is 13.2 Å². The molecule has 0 amide bonds. The van der Waals surface area contributed by atoms with Crippen LogP contribution in [0.1, 0.15) is 13.3 Å². The summed E-state index contributed by atoms with van der Waals surface area (Å²) < 4.78 is 45.5. The fraction of sp³-hybridized carbons (Fsp3) is 0.467. The molecule has 0 heterocycles. The van der Waals surface area contributed by atoms with Gasteiger partial charge in [0, 0.05) is 31.4 Å². The van der Waals surface area contributed by atoms with Gasteiger partial charge in [-0.15, -0.1) is 0 Å². The van der Waals surface area contributed by atoms with Crippen LogP contribution in [0.3, 0.4) is 0 Å². The molecule has 3 atom stereocenters. The maximum Gasteiger partial charge on any atom is 0.127 e. The molecule has 3 unspecified atom stereocenters. The number of rotatable bonds is 3. The first-order valence-electron chi connectivity index (χ1n) is 6.28. The highest BCUT2D eigenvalue weighted by atomic mass is 19.1. The number of hydrogen-bond donors (Lipinski definition) is 0. The molecular weight excluding hydrogens is 253 g/mol. The van der Waals surface area contributed by atoms with E-state index in [0.717, 1.165) is 11.6 Å². The van der Waals surface area contributed by atoms with Gasteiger partial charge in [-0.2, -0.15) is 0 Å². The molecule has 0 aliphatic heterocycles. The van der Waals surface area contributed by atoms with Gasteiger partial charge in [-0.3, -0.25) is 0 Å². The summed E-state index contributed by atoms with van der Waals surface area (Å²) in [6.45, 7) is 2.13. The van der Waals surface area contributed by atoms with Crippen LogP contribution in [-0.2, 0) is 4.74 Å². The Bertz CT molecular complexity index is 474. The third kappa shape index (κ3) is 3.18. The Labute approximate surface area is 111 Å². The Morgan fingerprint density at radius 1 is 1.26 bits per heavy atom. The van der Waals surface area contributed by atoms with Crippen LogP contribution < -0.4 is 0 Å². The third-order valence-corrected chi connectivity index (χ3v) is 3.50. The van der Waals surface area contributed by atoms with Crippen LogP contribution in [0.15, 0.2) is 47.1 Å². The number of ether oxygens (including phenoxy) is 1. The molecule has 0 radical (unpaired) electrons. The van der Waals surface area contributed by atoms with Crippen molar-refractivity contribution in [1.29, 1.82) is 0 Å². The minimum atomic E-state index is -1.18. The Hall–Kier alpha value is -1.29. The standard InChI is InChI=1S/C15H17F3O/c1-9-3-11(8-19-2)15(18)7-14(9)10-4-12(16)6-13(17)5-10/h3-4,6-7,10-11,15H,5,8H2,1-2H3. The Balaban J connectivity index is 2.21. The smallest absolute Gasteiger partial charge is 0.127 e. The number of methoxy groups -OCH3 is 1. The topological polar surface area (TPSA) is 9.23 Å². The van der Waals surface area contributed by atoms with Crippen LogP contribution >= 0.6 is 0 Å². The van der Waals surface area contributed by atoms with E-state index < -0.39 is 23.7 Å². The second kappa shape index (κ2) is 5.78. The number of alkyl halides is 1. The molecular formula is C15H17F3O. The quantitative estimate of drug-likeness (QED) is 0.746. The van der Waals surface area contributed by atoms with Crippen molar-refractivity contribution >= 4 is 0 Å². The molecule has 0 bridgehead atoms. The highest BCUT2D eigenvalue weighted by molar-refractivity contribution is 5.41. The molecule has 0 fully saturated rings. The first-order chi connectivity index (χ1) is 9.01. The van der Waals surface area contributed by atoms with E-state index in [4.69, 9.17) is 4.74 Å². The van der Waals surface area contributed by atoms with E-state index in [0.29, 0.717) is 12.2 Å². The SMILES string of the molecule is COCC1C=C(C)C(C2C=C(F)C=C(F)C2)=CC1F. The summed E-state index contributed by atoms with van der Waals surface area (Å²) in [6, 6.07) is 0. The summed E-state index contributed by atoms with van der Waals surface area (Å²) in [4.78, 5) is 0. The monoisotopic (exact) mass is 270 g/mol. The molecule has 0 aromatic heterocycles. The van der Waals surface area contributed by atoms with E-state index in [-0.39, 0.29) is 12.3 Å². The van der Waals surface area contributed by atoms with Crippen molar-refractivity contribution < 1.29 is 17.9 Å². The molecule has 0 saturated carbocycles. The van der Waals surface area contributed by atoms with Gasteiger partial charge in [0.15, 0.2) is 0 Å². The van der Waals surface area contributed by atoms with Gasteiger partial charge in [0.2, 0.25) is 0 Å². The highest BCUT2D eigenvalue weighted by Gasteiger charge is 2.28. The molecule has 0 N–H and O–H groups in total. The van der Waals surface area contributed by atoms with Crippen molar-refractivity contribution in [2.45, 2.75) is 19.5 Å². The largest absolute Gasteiger partial charge is 0.384 e. The Morgan fingerprint density at radius 3 is 2.63 bits per heavy atom. The van der Waals surface area contributed by atoms with Crippen molar-refractivity contribution in [3.05, 3.63) is 47.1 Å². The van der Waals surface area contributed by atoms with E-state index in [9.17, 15) is 13.2 Å². The first-order valence-corrected chi connectivity index (χ1v) is 6.28. The van der Waals surface area contributed by atoms with Crippen molar-refractivity contribution in [2.24, 2.45) is 11.8 Å². The van der Waals surface area contributed by atoms with Gasteiger partial charge in [0.1, 0.15) is 17.8 Å². The van der Waals surface area contributed by atoms with Gasteiger partial charge in [-0.1, -0.05) is 11.6 Å². The van der Waals surface area contributed by atoms with Crippen molar-refractivity contribution in [1.82, 2.24) is 0 Å². The van der Waals surface area contributed by atoms with E-state index in [1.807, 2.05) is 6.92 Å². The number of halogens is 3. The highest BCUT2D eigenvalue weighted by Crippen LogP contribution is 2.36. The second-order valence-electron chi connectivity index (χ2n) is 4.99. The number of hydrogen-bond acceptors (Lipinski definition) is 1. The van der Waals surface area contributed by atoms with E-state index in [2.05, 4.69) is 0 Å². The summed E-state index contributed by atoms with van der Waals surface area (Å²) in [6.07, 6.45) is 4.38. The Kier molecular flexibility index (Phi) is 4.30. The average Bonchev–Trinajstić information content (AvgIpc) is 2.32. The van der Waals surface area contributed by atoms with Crippen molar-refractivity contribution in [2.75, 3.05) is 13.7 Å². The summed E-state index contributed by atoms with van der Waals surface area (Å²) in [5.41, 5.74) is 1.53. The lowest BCUT2D eigenvalue weighted by atomic mass is 9.81. The van der Waals surface area contributed by atoms with Gasteiger partial charge in [-0.05, 0) is 24.6 Å². The minimum Gasteiger partial charge on any atom is -0.384 e. The van der Waals surface area contributed by atoms with Gasteiger partial charge in [0.05, 0.1) is 6.61 Å². The second-order valence-corrected chi connectivity index (χ2v) is 4.99. The molecule has 2 rings (SSSR count). The average molecular weight is 270 g/mol. The van der Waals surface area contributed by atoms with Gasteiger partial charge >= 0.3 is 0 Å². The van der Waals surface area contributed by atoms with E-state index >= 15 is 0 Å². The van der Waals surface area contributed by atoms with Crippen molar-refractivity contribution in [3.63, 3.8) is 0 Å². The first kappa shape index (κ1) is 14.1. The molecule has 0 saturated heterocycles. The molecule has 1 nitrogen and oxygen atoms in total. The zero-order valence-corrected chi connectivity index (χ0v) is 11.0. The van der Waals surface area contributed by atoms with Crippen LogP contribution in [0.25, 0.3) is 0 Å². The third-order valence-electron chi connectivity index (χ3n) is 3.50. The lowest BCUT2D eigenvalue weighted by molar-refractivity contribution is 0.137. The minimum absolute atomic E-state index is 0.0894. The normalized spacial score (nSPS) is 31.3. The molecule has 0 aromatic carbocycles. The fourth-order valence-corrected chi connectivity index (χ4v) is 2.60. The molecule has 0 spiro atoms. The van der Waals surface area contributed by atoms with Crippen LogP contribution in [0.5, 0.6) is 0 Å². The lowest BCUT2D eigenvalue weighted by Gasteiger charge is -2.27. The summed E-state index contributed by atoms with van der Waals surface area (Å²) in [5.74, 6) is -1.86. The molecule has 104 valence electrons. The maximum absolute atomic E-state index is 14.0. The summed E-state index contributed by atoms with van der Waals surface area (Å²) in [5, 5.41) is 0. The lowest BCUT2D eigenvalue weighted by Crippen LogP contribution is -2.23. The molecule has 19 heavy (non-hydrogen) atoms. The zero-order valence-electron chi connectivity index (χ0n) is 11.0. The van der Waals surface area contributed by atoms with Gasteiger partial charge < -0.3 is 4.74 Å².